The van der Waals surface area contributed by atoms with Crippen molar-refractivity contribution in [1.29, 1.82) is 0 Å². The first-order valence-electron chi connectivity index (χ1n) is 6.61. The minimum absolute atomic E-state index is 0.258. The van der Waals surface area contributed by atoms with Crippen LogP contribution in [0.15, 0.2) is 41.0 Å². The molecular weight excluding hydrogens is 334 g/mol. The molecule has 1 unspecified atom stereocenters. The van der Waals surface area contributed by atoms with Crippen LogP contribution in [0.3, 0.4) is 0 Å². The van der Waals surface area contributed by atoms with Crippen LogP contribution >= 0.6 is 15.9 Å². The van der Waals surface area contributed by atoms with Gasteiger partial charge in [0.1, 0.15) is 5.75 Å². The topological polar surface area (TPSA) is 64.1 Å². The summed E-state index contributed by atoms with van der Waals surface area (Å²) in [6.45, 7) is 3.73. The number of hydrogen-bond acceptors (Lipinski definition) is 4. The van der Waals surface area contributed by atoms with Crippen LogP contribution in [-0.2, 0) is 4.79 Å². The van der Waals surface area contributed by atoms with Gasteiger partial charge in [-0.1, -0.05) is 22.9 Å². The molecule has 0 aliphatic heterocycles. The predicted molar refractivity (Wildman–Crippen MR) is 84.2 cm³/mol. The summed E-state index contributed by atoms with van der Waals surface area (Å²) in [6.07, 6.45) is 1.57. The van der Waals surface area contributed by atoms with Gasteiger partial charge in [0.05, 0.1) is 0 Å². The number of nitrogens with zero attached hydrogens (tertiary/aromatic N) is 2. The molecule has 2 rings (SSSR count). The zero-order valence-electron chi connectivity index (χ0n) is 11.8. The van der Waals surface area contributed by atoms with Gasteiger partial charge in [0.2, 0.25) is 5.95 Å². The number of rotatable bonds is 5. The average Bonchev–Trinajstić information content (AvgIpc) is 2.46. The van der Waals surface area contributed by atoms with Crippen LogP contribution in [0.4, 0.5) is 5.95 Å². The second-order valence-electron chi connectivity index (χ2n) is 4.48. The fraction of sp³-hybridized carbons (Fsp3) is 0.267. The van der Waals surface area contributed by atoms with Crippen molar-refractivity contribution in [2.75, 3.05) is 5.32 Å². The molecular formula is C15H16BrN3O2. The lowest BCUT2D eigenvalue weighted by Gasteiger charge is -2.16. The van der Waals surface area contributed by atoms with Crippen molar-refractivity contribution in [3.05, 3.63) is 46.7 Å². The summed E-state index contributed by atoms with van der Waals surface area (Å²) in [4.78, 5) is 20.4. The molecule has 0 aliphatic carbocycles. The lowest BCUT2D eigenvalue weighted by atomic mass is 10.2. The van der Waals surface area contributed by atoms with E-state index in [0.717, 1.165) is 10.2 Å². The highest BCUT2D eigenvalue weighted by atomic mass is 79.9. The minimum atomic E-state index is -0.588. The van der Waals surface area contributed by atoms with Gasteiger partial charge in [-0.15, -0.1) is 0 Å². The van der Waals surface area contributed by atoms with Crippen molar-refractivity contribution < 1.29 is 9.53 Å². The number of hydrogen-bond donors (Lipinski definition) is 1. The summed E-state index contributed by atoms with van der Waals surface area (Å²) >= 11 is 3.36. The Morgan fingerprint density at radius 3 is 2.67 bits per heavy atom. The van der Waals surface area contributed by atoms with Crippen molar-refractivity contribution in [3.8, 4) is 5.75 Å². The van der Waals surface area contributed by atoms with Crippen molar-refractivity contribution in [2.45, 2.75) is 26.4 Å². The first kappa shape index (κ1) is 15.4. The Bertz CT molecular complexity index is 617. The maximum absolute atomic E-state index is 12.2. The van der Waals surface area contributed by atoms with Gasteiger partial charge in [-0.2, -0.15) is 0 Å². The standard InChI is InChI=1S/C15H16BrN3O2/c1-3-13(21-12-6-4-11(16)5-7-12)14(20)19-15-17-9-8-10(2)18-15/h4-9,13H,3H2,1-2H3,(H,17,18,19,20). The highest BCUT2D eigenvalue weighted by molar-refractivity contribution is 9.10. The number of benzene rings is 1. The van der Waals surface area contributed by atoms with Gasteiger partial charge in [-0.05, 0) is 43.7 Å². The molecule has 5 nitrogen and oxygen atoms in total. The number of aromatic nitrogens is 2. The highest BCUT2D eigenvalue weighted by Crippen LogP contribution is 2.18. The number of halogens is 1. The van der Waals surface area contributed by atoms with E-state index in [0.29, 0.717) is 12.2 Å². The maximum atomic E-state index is 12.2. The van der Waals surface area contributed by atoms with E-state index >= 15 is 0 Å². The normalized spacial score (nSPS) is 11.8. The number of carbonyl (C=O) groups is 1. The first-order chi connectivity index (χ1) is 10.1. The molecule has 1 atom stereocenters. The molecule has 0 saturated carbocycles. The number of nitrogens with one attached hydrogen (secondary N) is 1. The van der Waals surface area contributed by atoms with Crippen LogP contribution in [0, 0.1) is 6.92 Å². The molecule has 0 fully saturated rings. The quantitative estimate of drug-likeness (QED) is 0.898. The van der Waals surface area contributed by atoms with E-state index in [2.05, 4.69) is 31.2 Å². The third-order valence-electron chi connectivity index (χ3n) is 2.79. The van der Waals surface area contributed by atoms with Crippen LogP contribution in [0.1, 0.15) is 19.0 Å². The van der Waals surface area contributed by atoms with E-state index < -0.39 is 6.10 Å². The summed E-state index contributed by atoms with van der Waals surface area (Å²) in [5.41, 5.74) is 0.794. The summed E-state index contributed by atoms with van der Waals surface area (Å²) < 4.78 is 6.65. The number of aryl methyl sites for hydroxylation is 1. The lowest BCUT2D eigenvalue weighted by molar-refractivity contribution is -0.122. The van der Waals surface area contributed by atoms with Crippen LogP contribution in [-0.4, -0.2) is 22.0 Å². The zero-order chi connectivity index (χ0) is 15.2. The summed E-state index contributed by atoms with van der Waals surface area (Å²) in [5, 5.41) is 2.67. The molecule has 1 aromatic heterocycles. The molecule has 0 spiro atoms. The summed E-state index contributed by atoms with van der Waals surface area (Å²) in [7, 11) is 0. The lowest BCUT2D eigenvalue weighted by Crippen LogP contribution is -2.33. The summed E-state index contributed by atoms with van der Waals surface area (Å²) in [6, 6.07) is 9.12. The van der Waals surface area contributed by atoms with Gasteiger partial charge in [0.25, 0.3) is 5.91 Å². The molecule has 0 bridgehead atoms. The van der Waals surface area contributed by atoms with E-state index in [9.17, 15) is 4.79 Å². The number of amides is 1. The van der Waals surface area contributed by atoms with E-state index in [-0.39, 0.29) is 11.9 Å². The Balaban J connectivity index is 2.03. The van der Waals surface area contributed by atoms with Gasteiger partial charge in [-0.3, -0.25) is 10.1 Å². The molecule has 2 aromatic rings. The van der Waals surface area contributed by atoms with Gasteiger partial charge >= 0.3 is 0 Å². The van der Waals surface area contributed by atoms with E-state index in [1.54, 1.807) is 12.3 Å². The smallest absolute Gasteiger partial charge is 0.267 e. The van der Waals surface area contributed by atoms with Crippen molar-refractivity contribution >= 4 is 27.8 Å². The van der Waals surface area contributed by atoms with E-state index in [4.69, 9.17) is 4.74 Å². The van der Waals surface area contributed by atoms with Crippen LogP contribution < -0.4 is 10.1 Å². The second-order valence-corrected chi connectivity index (χ2v) is 5.40. The van der Waals surface area contributed by atoms with E-state index in [1.165, 1.54) is 0 Å². The Hall–Kier alpha value is -1.95. The highest BCUT2D eigenvalue weighted by Gasteiger charge is 2.19. The fourth-order valence-corrected chi connectivity index (χ4v) is 1.96. The molecule has 1 aromatic carbocycles. The van der Waals surface area contributed by atoms with Crippen LogP contribution in [0.2, 0.25) is 0 Å². The largest absolute Gasteiger partial charge is 0.481 e. The molecule has 0 aliphatic rings. The number of carbonyl (C=O) groups excluding carboxylic acids is 1. The van der Waals surface area contributed by atoms with Crippen LogP contribution in [0.25, 0.3) is 0 Å². The monoisotopic (exact) mass is 349 g/mol. The number of ether oxygens (including phenoxy) is 1. The molecule has 0 saturated heterocycles. The first-order valence-corrected chi connectivity index (χ1v) is 7.40. The third-order valence-corrected chi connectivity index (χ3v) is 3.31. The SMILES string of the molecule is CCC(Oc1ccc(Br)cc1)C(=O)Nc1nccc(C)n1. The van der Waals surface area contributed by atoms with Gasteiger partial charge in [0, 0.05) is 16.4 Å². The number of anilines is 1. The van der Waals surface area contributed by atoms with Crippen molar-refractivity contribution in [1.82, 2.24) is 9.97 Å². The van der Waals surface area contributed by atoms with Gasteiger partial charge in [0.15, 0.2) is 6.10 Å². The molecule has 1 heterocycles. The molecule has 0 radical (unpaired) electrons. The van der Waals surface area contributed by atoms with Crippen molar-refractivity contribution in [3.63, 3.8) is 0 Å². The molecule has 1 amide bonds. The zero-order valence-corrected chi connectivity index (χ0v) is 13.4. The molecule has 21 heavy (non-hydrogen) atoms. The molecule has 6 heteroatoms. The maximum Gasteiger partial charge on any atom is 0.267 e. The Morgan fingerprint density at radius 1 is 1.33 bits per heavy atom. The second kappa shape index (κ2) is 7.17. The van der Waals surface area contributed by atoms with Gasteiger partial charge < -0.3 is 4.74 Å². The molecule has 110 valence electrons. The summed E-state index contributed by atoms with van der Waals surface area (Å²) in [5.74, 6) is 0.675. The Kier molecular flexibility index (Phi) is 5.27. The Morgan fingerprint density at radius 2 is 2.05 bits per heavy atom. The Labute approximate surface area is 131 Å². The minimum Gasteiger partial charge on any atom is -0.481 e. The van der Waals surface area contributed by atoms with Crippen LogP contribution in [0.5, 0.6) is 5.75 Å². The fourth-order valence-electron chi connectivity index (χ4n) is 1.70. The average molecular weight is 350 g/mol. The van der Waals surface area contributed by atoms with E-state index in [1.807, 2.05) is 38.1 Å². The predicted octanol–water partition coefficient (Wildman–Crippen LogP) is 3.34. The molecule has 1 N–H and O–H groups in total. The van der Waals surface area contributed by atoms with Gasteiger partial charge in [-0.25, -0.2) is 9.97 Å². The third kappa shape index (κ3) is 4.53. The van der Waals surface area contributed by atoms with Crippen molar-refractivity contribution in [2.24, 2.45) is 0 Å².